The predicted molar refractivity (Wildman–Crippen MR) is 156 cm³/mol. The number of carbonyl (C=O) groups excluding carboxylic acids is 3. The molecule has 1 aliphatic rings. The Morgan fingerprint density at radius 3 is 2.08 bits per heavy atom. The Labute approximate surface area is 245 Å². The Bertz CT molecular complexity index is 1340. The van der Waals surface area contributed by atoms with Gasteiger partial charge in [-0.3, -0.25) is 4.79 Å². The van der Waals surface area contributed by atoms with Crippen molar-refractivity contribution < 1.29 is 33.3 Å². The first kappa shape index (κ1) is 31.3. The second-order valence-electron chi connectivity index (χ2n) is 12.2. The number of hydrogen-bond acceptors (Lipinski definition) is 7. The minimum Gasteiger partial charge on any atom is -0.492 e. The highest BCUT2D eigenvalue weighted by Crippen LogP contribution is 2.41. The molecule has 0 saturated carbocycles. The van der Waals surface area contributed by atoms with Crippen molar-refractivity contribution in [3.63, 3.8) is 0 Å². The van der Waals surface area contributed by atoms with Gasteiger partial charge >= 0.3 is 12.2 Å². The third-order valence-corrected chi connectivity index (χ3v) is 5.83. The van der Waals surface area contributed by atoms with Crippen molar-refractivity contribution in [2.45, 2.75) is 66.6 Å². The highest BCUT2D eigenvalue weighted by atomic mass is 35.5. The summed E-state index contributed by atoms with van der Waals surface area (Å²) in [4.78, 5) is 39.5. The van der Waals surface area contributed by atoms with E-state index in [9.17, 15) is 14.4 Å². The van der Waals surface area contributed by atoms with E-state index in [-0.39, 0.29) is 18.8 Å². The van der Waals surface area contributed by atoms with Gasteiger partial charge < -0.3 is 18.9 Å². The Balaban J connectivity index is 1.88. The van der Waals surface area contributed by atoms with Crippen molar-refractivity contribution in [1.29, 1.82) is 0 Å². The number of amides is 2. The van der Waals surface area contributed by atoms with Crippen molar-refractivity contribution in [3.8, 4) is 5.75 Å². The molecule has 8 nitrogen and oxygen atoms in total. The molecule has 216 valence electrons. The number of benzene rings is 2. The first-order valence-corrected chi connectivity index (χ1v) is 13.5. The van der Waals surface area contributed by atoms with Crippen molar-refractivity contribution >= 4 is 58.7 Å². The van der Waals surface area contributed by atoms with Gasteiger partial charge in [-0.25, -0.2) is 14.5 Å². The van der Waals surface area contributed by atoms with Crippen LogP contribution in [0.1, 0.15) is 66.5 Å². The molecule has 0 N–H and O–H groups in total. The Morgan fingerprint density at radius 2 is 1.45 bits per heavy atom. The first-order chi connectivity index (χ1) is 18.3. The van der Waals surface area contributed by atoms with E-state index in [4.69, 9.17) is 42.1 Å². The van der Waals surface area contributed by atoms with Crippen LogP contribution in [0.4, 0.5) is 15.3 Å². The van der Waals surface area contributed by atoms with Gasteiger partial charge in [-0.2, -0.15) is 0 Å². The topological polar surface area (TPSA) is 91.4 Å². The monoisotopic (exact) mass is 591 g/mol. The highest BCUT2D eigenvalue weighted by molar-refractivity contribution is 6.42. The zero-order valence-corrected chi connectivity index (χ0v) is 25.5. The summed E-state index contributed by atoms with van der Waals surface area (Å²) >= 11 is 12.5. The van der Waals surface area contributed by atoms with Crippen molar-refractivity contribution in [2.75, 3.05) is 18.1 Å². The molecular formula is C30H35Cl2NO7. The molecule has 1 heterocycles. The quantitative estimate of drug-likeness (QED) is 0.247. The van der Waals surface area contributed by atoms with Gasteiger partial charge in [-0.1, -0.05) is 43.1 Å². The van der Waals surface area contributed by atoms with Gasteiger partial charge in [0.05, 0.1) is 17.9 Å². The summed E-state index contributed by atoms with van der Waals surface area (Å²) in [5.41, 5.74) is -0.439. The molecule has 10 heteroatoms. The van der Waals surface area contributed by atoms with Gasteiger partial charge in [0.15, 0.2) is 0 Å². The molecule has 0 fully saturated rings. The first-order valence-electron chi connectivity index (χ1n) is 12.7. The number of ether oxygens (including phenoxy) is 4. The van der Waals surface area contributed by atoms with E-state index in [0.717, 1.165) is 4.90 Å². The van der Waals surface area contributed by atoms with E-state index in [1.165, 1.54) is 0 Å². The fraction of sp³-hybridized carbons (Fsp3) is 0.433. The molecule has 2 aromatic rings. The third-order valence-electron chi connectivity index (χ3n) is 5.36. The van der Waals surface area contributed by atoms with Crippen LogP contribution in [0.3, 0.4) is 0 Å². The largest absolute Gasteiger partial charge is 0.508 e. The number of nitrogens with zero attached hydrogens (tertiary/aromatic N) is 1. The number of imide groups is 1. The summed E-state index contributed by atoms with van der Waals surface area (Å²) in [5, 5.41) is 0.793. The normalized spacial score (nSPS) is 14.7. The van der Waals surface area contributed by atoms with Crippen LogP contribution in [0, 0.1) is 5.41 Å². The maximum atomic E-state index is 13.5. The molecule has 0 aliphatic carbocycles. The Hall–Kier alpha value is -3.23. The average molecular weight is 593 g/mol. The summed E-state index contributed by atoms with van der Waals surface area (Å²) < 4.78 is 22.1. The number of hydrogen-bond donors (Lipinski definition) is 0. The van der Waals surface area contributed by atoms with Crippen LogP contribution in [-0.2, 0) is 19.0 Å². The summed E-state index contributed by atoms with van der Waals surface area (Å²) in [7, 11) is 0. The molecule has 0 saturated heterocycles. The molecule has 0 radical (unpaired) electrons. The molecule has 0 aromatic heterocycles. The predicted octanol–water partition coefficient (Wildman–Crippen LogP) is 8.17. The van der Waals surface area contributed by atoms with E-state index < -0.39 is 34.8 Å². The SMILES string of the molecule is CC(C)(COC(=O)OC(C)(C)C)COc1ccc(Cl)cc1/C=C1/C(=O)N(C(=O)OC(C)(C)C)c2cc(Cl)ccc21. The van der Waals surface area contributed by atoms with E-state index in [1.54, 1.807) is 84.0 Å². The molecule has 3 rings (SSSR count). The van der Waals surface area contributed by atoms with Gasteiger partial charge in [0.25, 0.3) is 5.91 Å². The minimum atomic E-state index is -0.809. The van der Waals surface area contributed by atoms with Crippen LogP contribution in [0.25, 0.3) is 11.6 Å². The van der Waals surface area contributed by atoms with E-state index in [2.05, 4.69) is 0 Å². The number of carbonyl (C=O) groups is 3. The number of halogens is 2. The third kappa shape index (κ3) is 8.38. The minimum absolute atomic E-state index is 0.0589. The van der Waals surface area contributed by atoms with Gasteiger partial charge in [-0.15, -0.1) is 0 Å². The lowest BCUT2D eigenvalue weighted by Crippen LogP contribution is -2.38. The maximum Gasteiger partial charge on any atom is 0.508 e. The Kier molecular flexibility index (Phi) is 9.16. The van der Waals surface area contributed by atoms with Crippen LogP contribution in [-0.4, -0.2) is 42.6 Å². The summed E-state index contributed by atoms with van der Waals surface area (Å²) in [5.74, 6) is -0.121. The second-order valence-corrected chi connectivity index (χ2v) is 13.1. The van der Waals surface area contributed by atoms with Gasteiger partial charge in [0.2, 0.25) is 0 Å². The van der Waals surface area contributed by atoms with Crippen LogP contribution in [0.5, 0.6) is 5.75 Å². The van der Waals surface area contributed by atoms with Crippen molar-refractivity contribution in [2.24, 2.45) is 5.41 Å². The van der Waals surface area contributed by atoms with Gasteiger partial charge in [0, 0.05) is 26.6 Å². The van der Waals surface area contributed by atoms with E-state index >= 15 is 0 Å². The van der Waals surface area contributed by atoms with Crippen LogP contribution < -0.4 is 9.64 Å². The smallest absolute Gasteiger partial charge is 0.492 e. The fourth-order valence-electron chi connectivity index (χ4n) is 3.66. The molecule has 0 bridgehead atoms. The second kappa shape index (κ2) is 11.7. The average Bonchev–Trinajstić information content (AvgIpc) is 3.05. The maximum absolute atomic E-state index is 13.5. The van der Waals surface area contributed by atoms with E-state index in [1.807, 2.05) is 13.8 Å². The summed E-state index contributed by atoms with van der Waals surface area (Å²) in [6.45, 7) is 14.4. The molecule has 1 aliphatic heterocycles. The zero-order chi connectivity index (χ0) is 30.0. The lowest BCUT2D eigenvalue weighted by atomic mass is 9.96. The number of anilines is 1. The number of fused-ring (bicyclic) bond motifs is 1. The lowest BCUT2D eigenvalue weighted by molar-refractivity contribution is -0.112. The summed E-state index contributed by atoms with van der Waals surface area (Å²) in [6.07, 6.45) is 0.0504. The fourth-order valence-corrected chi connectivity index (χ4v) is 4.01. The lowest BCUT2D eigenvalue weighted by Gasteiger charge is -2.26. The molecule has 0 atom stereocenters. The van der Waals surface area contributed by atoms with Gasteiger partial charge in [0.1, 0.15) is 23.6 Å². The van der Waals surface area contributed by atoms with Crippen LogP contribution in [0.15, 0.2) is 36.4 Å². The van der Waals surface area contributed by atoms with E-state index in [0.29, 0.717) is 32.6 Å². The molecule has 40 heavy (non-hydrogen) atoms. The summed E-state index contributed by atoms with van der Waals surface area (Å²) in [6, 6.07) is 9.87. The zero-order valence-electron chi connectivity index (χ0n) is 24.0. The molecule has 2 amide bonds. The molecule has 0 spiro atoms. The highest BCUT2D eigenvalue weighted by Gasteiger charge is 2.39. The van der Waals surface area contributed by atoms with Crippen molar-refractivity contribution in [1.82, 2.24) is 0 Å². The van der Waals surface area contributed by atoms with Gasteiger partial charge in [-0.05, 0) is 78.0 Å². The molecular weight excluding hydrogens is 557 g/mol. The molecule has 2 aromatic carbocycles. The van der Waals surface area contributed by atoms with Crippen LogP contribution in [0.2, 0.25) is 10.0 Å². The number of rotatable bonds is 6. The van der Waals surface area contributed by atoms with Crippen molar-refractivity contribution in [3.05, 3.63) is 57.6 Å². The van der Waals surface area contributed by atoms with Crippen LogP contribution >= 0.6 is 23.2 Å². The standard InChI is InChI=1S/C30H35Cl2NO7/c1-28(2,3)39-26(35)33-23-15-20(32)9-11-21(23)22(25(33)34)14-18-13-19(31)10-12-24(18)37-16-30(7,8)17-38-27(36)40-29(4,5)6/h9-15H,16-17H2,1-8H3/b22-14+. The molecule has 0 unspecified atom stereocenters. The Morgan fingerprint density at radius 1 is 0.850 bits per heavy atom.